The molecule has 88 valence electrons. The molecule has 3 N–H and O–H groups in total. The van der Waals surface area contributed by atoms with Crippen LogP contribution >= 0.6 is 11.3 Å². The Hall–Kier alpha value is -1.16. The van der Waals surface area contributed by atoms with Gasteiger partial charge in [0.05, 0.1) is 0 Å². The first-order valence-corrected chi connectivity index (χ1v) is 6.82. The van der Waals surface area contributed by atoms with Gasteiger partial charge in [0.25, 0.3) is 0 Å². The number of thiophene rings is 1. The normalized spacial score (nSPS) is 19.0. The molecule has 2 aromatic rings. The highest BCUT2D eigenvalue weighted by Gasteiger charge is 2.21. The molecule has 1 unspecified atom stereocenters. The molecule has 0 radical (unpaired) electrons. The molecule has 0 saturated heterocycles. The Morgan fingerprint density at radius 1 is 1.29 bits per heavy atom. The molecule has 1 aromatic carbocycles. The summed E-state index contributed by atoms with van der Waals surface area (Å²) in [5.74, 6) is 0. The van der Waals surface area contributed by atoms with Crippen molar-refractivity contribution in [1.29, 1.82) is 0 Å². The first-order chi connectivity index (χ1) is 8.34. The molecule has 1 atom stereocenters. The quantitative estimate of drug-likeness (QED) is 0.851. The maximum Gasteiger partial charge on any atom is 0.0436 e. The van der Waals surface area contributed by atoms with Crippen LogP contribution in [0.4, 0.5) is 0 Å². The molecule has 2 heterocycles. The summed E-state index contributed by atoms with van der Waals surface area (Å²) in [6.45, 7) is 1.87. The number of fused-ring (bicyclic) bond motifs is 1. The number of nitrogens with one attached hydrogen (secondary N) is 1. The Morgan fingerprint density at radius 3 is 2.94 bits per heavy atom. The van der Waals surface area contributed by atoms with Crippen LogP contribution in [-0.2, 0) is 13.0 Å². The number of hydrogen-bond acceptors (Lipinski definition) is 3. The van der Waals surface area contributed by atoms with Gasteiger partial charge in [-0.3, -0.25) is 0 Å². The van der Waals surface area contributed by atoms with Gasteiger partial charge in [-0.1, -0.05) is 30.3 Å². The fourth-order valence-electron chi connectivity index (χ4n) is 2.43. The standard InChI is InChI=1S/C14H16N2S/c15-12-7-16-8-13-14(12)11(9-17-13)6-10-4-2-1-3-5-10/h1-5,9,12,16H,6-8,15H2. The molecule has 0 spiro atoms. The van der Waals surface area contributed by atoms with Crippen LogP contribution in [0, 0.1) is 0 Å². The van der Waals surface area contributed by atoms with E-state index < -0.39 is 0 Å². The lowest BCUT2D eigenvalue weighted by atomic mass is 9.96. The van der Waals surface area contributed by atoms with E-state index in [0.29, 0.717) is 0 Å². The Bertz CT molecular complexity index is 504. The maximum atomic E-state index is 6.19. The summed E-state index contributed by atoms with van der Waals surface area (Å²) in [7, 11) is 0. The van der Waals surface area contributed by atoms with Crippen molar-refractivity contribution in [3.8, 4) is 0 Å². The van der Waals surface area contributed by atoms with E-state index in [2.05, 4.69) is 41.0 Å². The number of benzene rings is 1. The van der Waals surface area contributed by atoms with Crippen molar-refractivity contribution in [2.75, 3.05) is 6.54 Å². The zero-order valence-corrected chi connectivity index (χ0v) is 10.5. The summed E-state index contributed by atoms with van der Waals surface area (Å²) < 4.78 is 0. The molecular formula is C14H16N2S. The second kappa shape index (κ2) is 4.61. The summed E-state index contributed by atoms with van der Waals surface area (Å²) in [4.78, 5) is 1.41. The number of nitrogens with two attached hydrogens (primary N) is 1. The Balaban J connectivity index is 1.92. The molecule has 0 saturated carbocycles. The van der Waals surface area contributed by atoms with Gasteiger partial charge >= 0.3 is 0 Å². The predicted molar refractivity (Wildman–Crippen MR) is 72.2 cm³/mol. The van der Waals surface area contributed by atoms with Crippen LogP contribution in [0.5, 0.6) is 0 Å². The third-order valence-corrected chi connectivity index (χ3v) is 4.30. The second-order valence-electron chi connectivity index (χ2n) is 4.50. The van der Waals surface area contributed by atoms with Gasteiger partial charge in [-0.2, -0.15) is 0 Å². The summed E-state index contributed by atoms with van der Waals surface area (Å²) >= 11 is 1.83. The van der Waals surface area contributed by atoms with Gasteiger partial charge in [-0.05, 0) is 28.5 Å². The molecule has 2 nitrogen and oxygen atoms in total. The van der Waals surface area contributed by atoms with Gasteiger partial charge in [-0.25, -0.2) is 0 Å². The van der Waals surface area contributed by atoms with Gasteiger partial charge in [0, 0.05) is 24.0 Å². The Kier molecular flexibility index (Phi) is 2.97. The maximum absolute atomic E-state index is 6.19. The molecule has 3 rings (SSSR count). The van der Waals surface area contributed by atoms with Crippen molar-refractivity contribution in [2.24, 2.45) is 5.73 Å². The first kappa shape index (κ1) is 11.0. The van der Waals surface area contributed by atoms with Crippen molar-refractivity contribution in [1.82, 2.24) is 5.32 Å². The number of hydrogen-bond donors (Lipinski definition) is 2. The highest BCUT2D eigenvalue weighted by Crippen LogP contribution is 2.31. The third kappa shape index (κ3) is 2.14. The van der Waals surface area contributed by atoms with Crippen LogP contribution in [0.3, 0.4) is 0 Å². The lowest BCUT2D eigenvalue weighted by Crippen LogP contribution is -2.32. The van der Waals surface area contributed by atoms with E-state index in [4.69, 9.17) is 5.73 Å². The minimum Gasteiger partial charge on any atom is -0.323 e. The fourth-order valence-corrected chi connectivity index (χ4v) is 3.52. The molecule has 17 heavy (non-hydrogen) atoms. The monoisotopic (exact) mass is 244 g/mol. The lowest BCUT2D eigenvalue weighted by Gasteiger charge is -2.21. The third-order valence-electron chi connectivity index (χ3n) is 3.25. The van der Waals surface area contributed by atoms with E-state index >= 15 is 0 Å². The molecular weight excluding hydrogens is 228 g/mol. The molecule has 1 aliphatic rings. The average molecular weight is 244 g/mol. The average Bonchev–Trinajstić information content (AvgIpc) is 2.75. The zero-order chi connectivity index (χ0) is 11.7. The van der Waals surface area contributed by atoms with E-state index in [-0.39, 0.29) is 6.04 Å². The first-order valence-electron chi connectivity index (χ1n) is 5.94. The molecule has 0 amide bonds. The molecule has 0 fully saturated rings. The minimum absolute atomic E-state index is 0.156. The van der Waals surface area contributed by atoms with Crippen molar-refractivity contribution in [2.45, 2.75) is 19.0 Å². The molecule has 1 aromatic heterocycles. The highest BCUT2D eigenvalue weighted by atomic mass is 32.1. The molecule has 1 aliphatic heterocycles. The summed E-state index contributed by atoms with van der Waals surface area (Å²) in [6, 6.07) is 10.8. The van der Waals surface area contributed by atoms with E-state index in [9.17, 15) is 0 Å². The van der Waals surface area contributed by atoms with Crippen molar-refractivity contribution >= 4 is 11.3 Å². The van der Waals surface area contributed by atoms with Crippen molar-refractivity contribution in [3.63, 3.8) is 0 Å². The van der Waals surface area contributed by atoms with E-state index in [1.54, 1.807) is 0 Å². The van der Waals surface area contributed by atoms with E-state index in [0.717, 1.165) is 19.5 Å². The van der Waals surface area contributed by atoms with Crippen molar-refractivity contribution < 1.29 is 0 Å². The van der Waals surface area contributed by atoms with Crippen LogP contribution in [-0.4, -0.2) is 6.54 Å². The van der Waals surface area contributed by atoms with Crippen LogP contribution in [0.1, 0.15) is 27.6 Å². The number of rotatable bonds is 2. The van der Waals surface area contributed by atoms with Gasteiger partial charge < -0.3 is 11.1 Å². The minimum atomic E-state index is 0.156. The second-order valence-corrected chi connectivity index (χ2v) is 5.46. The molecule has 0 bridgehead atoms. The highest BCUT2D eigenvalue weighted by molar-refractivity contribution is 7.10. The van der Waals surface area contributed by atoms with Crippen LogP contribution in [0.2, 0.25) is 0 Å². The SMILES string of the molecule is NC1CNCc2scc(Cc3ccccc3)c21. The molecule has 3 heteroatoms. The smallest absolute Gasteiger partial charge is 0.0436 e. The predicted octanol–water partition coefficient (Wildman–Crippen LogP) is 2.44. The lowest BCUT2D eigenvalue weighted by molar-refractivity contribution is 0.560. The summed E-state index contributed by atoms with van der Waals surface area (Å²) in [5, 5.41) is 5.62. The van der Waals surface area contributed by atoms with Gasteiger partial charge in [0.1, 0.15) is 0 Å². The van der Waals surface area contributed by atoms with Gasteiger partial charge in [-0.15, -0.1) is 11.3 Å². The zero-order valence-electron chi connectivity index (χ0n) is 9.65. The Labute approximate surface area is 105 Å². The summed E-state index contributed by atoms with van der Waals surface area (Å²) in [5.41, 5.74) is 10.3. The summed E-state index contributed by atoms with van der Waals surface area (Å²) in [6.07, 6.45) is 1.00. The molecule has 0 aliphatic carbocycles. The van der Waals surface area contributed by atoms with Crippen LogP contribution < -0.4 is 11.1 Å². The van der Waals surface area contributed by atoms with Crippen LogP contribution in [0.25, 0.3) is 0 Å². The van der Waals surface area contributed by atoms with Gasteiger partial charge in [0.2, 0.25) is 0 Å². The van der Waals surface area contributed by atoms with Crippen molar-refractivity contribution in [3.05, 3.63) is 57.3 Å². The van der Waals surface area contributed by atoms with Gasteiger partial charge in [0.15, 0.2) is 0 Å². The van der Waals surface area contributed by atoms with Crippen LogP contribution in [0.15, 0.2) is 35.7 Å². The van der Waals surface area contributed by atoms with E-state index in [1.807, 2.05) is 11.3 Å². The Morgan fingerprint density at radius 2 is 2.12 bits per heavy atom. The largest absolute Gasteiger partial charge is 0.323 e. The topological polar surface area (TPSA) is 38.0 Å². The van der Waals surface area contributed by atoms with E-state index in [1.165, 1.54) is 21.6 Å². The fraction of sp³-hybridized carbons (Fsp3) is 0.286.